The predicted molar refractivity (Wildman–Crippen MR) is 271 cm³/mol. The molecule has 0 amide bonds. The van der Waals surface area contributed by atoms with E-state index in [0.717, 1.165) is 52.3 Å². The molecule has 10 aromatic rings. The SMILES string of the molecule is [2H]c1c([2H])c([2H])c(-c2cccc(-c3c([2H])c([2H])c([2H])c([2H])c3[2H])c2-n2[c](=[Pt])n(-c3cccc(Oc4ccc5c(c4)N(c4cc(C(C)(C)C)ccn4)B(CCC)n4nc(-c6ccccc6)cc4-5)c3)c3ccccc32)c([2H])c1[2H]. The van der Waals surface area contributed by atoms with E-state index in [0.29, 0.717) is 32.0 Å². The number of fused-ring (bicyclic) bond motifs is 4. The minimum absolute atomic E-state index is 0.112. The van der Waals surface area contributed by atoms with Crippen LogP contribution in [0.1, 0.15) is 53.4 Å². The van der Waals surface area contributed by atoms with Crippen LogP contribution in [0.5, 0.6) is 11.5 Å². The number of nitrogens with zero attached hydrogens (tertiary/aromatic N) is 6. The molecule has 1 aliphatic rings. The number of ether oxygens (including phenoxy) is 1. The molecule has 9 heteroatoms. The van der Waals surface area contributed by atoms with Crippen molar-refractivity contribution in [2.75, 3.05) is 4.81 Å². The Bertz CT molecular complexity index is 3950. The number of imidazole rings is 1. The Morgan fingerprint density at radius 3 is 1.99 bits per heavy atom. The predicted octanol–water partition coefficient (Wildman–Crippen LogP) is 14.7. The zero-order valence-electron chi connectivity index (χ0n) is 47.2. The number of pyridine rings is 1. The first kappa shape index (κ1) is 32.4. The fourth-order valence-electron chi connectivity index (χ4n) is 8.98. The quantitative estimate of drug-likeness (QED) is 0.128. The number of hydrogen-bond acceptors (Lipinski definition) is 4. The van der Waals surface area contributed by atoms with Gasteiger partial charge in [0.25, 0.3) is 0 Å². The fourth-order valence-corrected chi connectivity index (χ4v) is 10.1. The van der Waals surface area contributed by atoms with Crippen molar-refractivity contribution in [2.24, 2.45) is 0 Å². The van der Waals surface area contributed by atoms with Crippen LogP contribution in [0.3, 0.4) is 0 Å². The van der Waals surface area contributed by atoms with Crippen LogP contribution in [0, 0.1) is 3.80 Å². The van der Waals surface area contributed by atoms with E-state index in [4.69, 9.17) is 28.5 Å². The van der Waals surface area contributed by atoms with Crippen molar-refractivity contribution in [3.8, 4) is 67.6 Å². The van der Waals surface area contributed by atoms with Gasteiger partial charge in [0.1, 0.15) is 0 Å². The molecule has 0 spiro atoms. The summed E-state index contributed by atoms with van der Waals surface area (Å²) in [5, 5.41) is 5.26. The Kier molecular flexibility index (Phi) is 8.47. The van der Waals surface area contributed by atoms with E-state index in [1.807, 2.05) is 88.1 Å². The first-order valence-electron chi connectivity index (χ1n) is 27.2. The fraction of sp³-hybridized carbons (Fsp3) is 0.121. The molecule has 0 radical (unpaired) electrons. The molecule has 0 unspecified atom stereocenters. The molecule has 7 nitrogen and oxygen atoms in total. The van der Waals surface area contributed by atoms with Crippen LogP contribution in [0.15, 0.2) is 200 Å². The third-order valence-corrected chi connectivity index (χ3v) is 13.1. The van der Waals surface area contributed by atoms with Crippen LogP contribution in [0.4, 0.5) is 11.5 Å². The molecule has 3 aromatic heterocycles. The number of aromatic nitrogens is 5. The van der Waals surface area contributed by atoms with Gasteiger partial charge in [-0.3, -0.25) is 0 Å². The van der Waals surface area contributed by atoms with Gasteiger partial charge in [0.15, 0.2) is 0 Å². The van der Waals surface area contributed by atoms with Gasteiger partial charge in [-0.15, -0.1) is 0 Å². The topological polar surface area (TPSA) is 53.0 Å². The summed E-state index contributed by atoms with van der Waals surface area (Å²) in [4.78, 5) is 7.28. The summed E-state index contributed by atoms with van der Waals surface area (Å²) >= 11 is 2.18. The Morgan fingerprint density at radius 2 is 1.30 bits per heavy atom. The molecule has 0 fully saturated rings. The third kappa shape index (κ3) is 7.79. The second kappa shape index (κ2) is 17.5. The van der Waals surface area contributed by atoms with Crippen molar-refractivity contribution in [1.29, 1.82) is 0 Å². The molecule has 0 bridgehead atoms. The van der Waals surface area contributed by atoms with Crippen molar-refractivity contribution >= 4 is 29.5 Å². The van der Waals surface area contributed by atoms with Crippen LogP contribution >= 0.6 is 0 Å². The van der Waals surface area contributed by atoms with Crippen LogP contribution in [-0.4, -0.2) is 30.8 Å². The van der Waals surface area contributed by atoms with E-state index in [2.05, 4.69) is 98.9 Å². The summed E-state index contributed by atoms with van der Waals surface area (Å²) in [5.41, 5.74) is 8.21. The normalized spacial score (nSPS) is 14.4. The van der Waals surface area contributed by atoms with E-state index in [1.165, 1.54) is 0 Å². The molecule has 7 aromatic carbocycles. The van der Waals surface area contributed by atoms with E-state index in [1.54, 1.807) is 18.2 Å². The Morgan fingerprint density at radius 1 is 0.642 bits per heavy atom. The van der Waals surface area contributed by atoms with Crippen molar-refractivity contribution in [1.82, 2.24) is 23.8 Å². The molecule has 11 rings (SSSR count). The summed E-state index contributed by atoms with van der Waals surface area (Å²) in [5.74, 6) is 1.91. The maximum atomic E-state index is 9.12. The number of benzene rings is 7. The monoisotopic (exact) mass is 1060 g/mol. The van der Waals surface area contributed by atoms with Crippen LogP contribution in [0.2, 0.25) is 6.32 Å². The van der Waals surface area contributed by atoms with E-state index < -0.39 is 60.4 Å². The van der Waals surface area contributed by atoms with Gasteiger partial charge in [-0.25, -0.2) is 0 Å². The van der Waals surface area contributed by atoms with Gasteiger partial charge in [0.05, 0.1) is 5.69 Å². The van der Waals surface area contributed by atoms with Crippen molar-refractivity contribution in [3.05, 3.63) is 209 Å². The molecule has 0 atom stereocenters. The molecule has 1 aliphatic heterocycles. The molecule has 0 saturated heterocycles. The van der Waals surface area contributed by atoms with Gasteiger partial charge >= 0.3 is 315 Å². The zero-order valence-corrected chi connectivity index (χ0v) is 39.5. The van der Waals surface area contributed by atoms with E-state index in [-0.39, 0.29) is 40.3 Å². The Hall–Kier alpha value is -7.28. The summed E-state index contributed by atoms with van der Waals surface area (Å²) in [7, 11) is 0. The summed E-state index contributed by atoms with van der Waals surface area (Å²) in [6.45, 7) is 8.56. The maximum absolute atomic E-state index is 9.12. The van der Waals surface area contributed by atoms with Crippen LogP contribution in [0.25, 0.3) is 67.2 Å². The van der Waals surface area contributed by atoms with Crippen molar-refractivity contribution < 1.29 is 37.8 Å². The van der Waals surface area contributed by atoms with Gasteiger partial charge in [0, 0.05) is 11.8 Å². The number of anilines is 2. The number of hydrogen-bond donors (Lipinski definition) is 0. The van der Waals surface area contributed by atoms with Gasteiger partial charge in [0.2, 0.25) is 0 Å². The second-order valence-electron chi connectivity index (χ2n) is 17.4. The zero-order chi connectivity index (χ0) is 54.4. The van der Waals surface area contributed by atoms with E-state index >= 15 is 0 Å². The molecule has 4 heterocycles. The number of para-hydroxylation sites is 3. The molecule has 0 N–H and O–H groups in total. The molecular formula is C58H49BN6OPt. The summed E-state index contributed by atoms with van der Waals surface area (Å²) < 4.78 is 101. The summed E-state index contributed by atoms with van der Waals surface area (Å²) in [6.07, 6.45) is 3.55. The molecule has 0 saturated carbocycles. The molecule has 330 valence electrons. The summed E-state index contributed by atoms with van der Waals surface area (Å²) in [6, 6.07) is 37.6. The van der Waals surface area contributed by atoms with E-state index in [9.17, 15) is 0 Å². The average Bonchev–Trinajstić information content (AvgIpc) is 4.19. The van der Waals surface area contributed by atoms with Gasteiger partial charge in [-0.1, -0.05) is 64.4 Å². The van der Waals surface area contributed by atoms with Gasteiger partial charge in [-0.05, 0) is 17.0 Å². The Labute approximate surface area is 417 Å². The number of rotatable bonds is 10. The van der Waals surface area contributed by atoms with Crippen LogP contribution < -0.4 is 9.55 Å². The first-order valence-corrected chi connectivity index (χ1v) is 23.3. The molecular weight excluding hydrogens is 1000 g/mol. The average molecular weight is 1060 g/mol. The molecule has 0 aliphatic carbocycles. The van der Waals surface area contributed by atoms with Gasteiger partial charge in [-0.2, -0.15) is 5.10 Å². The van der Waals surface area contributed by atoms with Gasteiger partial charge < -0.3 is 0 Å². The van der Waals surface area contributed by atoms with Crippen molar-refractivity contribution in [3.63, 3.8) is 0 Å². The molecule has 67 heavy (non-hydrogen) atoms. The second-order valence-corrected chi connectivity index (χ2v) is 18.4. The third-order valence-electron chi connectivity index (χ3n) is 12.1. The minimum atomic E-state index is -0.561. The Balaban J connectivity index is 1.08. The van der Waals surface area contributed by atoms with Crippen LogP contribution in [-0.2, 0) is 24.8 Å². The standard InChI is InChI=1S/C58H49BN6O.Pt/c1-5-34-59-64(56-36-44(33-35-60-56)58(2,3)4)54-38-47(31-32-50(54)55-39-51(61-65(55)59)43-23-13-8-14-24-43)66-46-26-17-25-45(37-46)62-40-63(53-30-16-15-29-52(53)62)57-48(41-19-9-6-10-20-41)27-18-28-49(57)42-21-11-7-12-22-42;/h6-33,35-39H,5,34H2,1-4H3;/i6D,7D,9D,10D,11D,12D,19D,20D,21D,22D;. The first-order chi connectivity index (χ1) is 36.9. The van der Waals surface area contributed by atoms with Crippen molar-refractivity contribution in [2.45, 2.75) is 45.9 Å².